The van der Waals surface area contributed by atoms with Crippen LogP contribution in [0.2, 0.25) is 0 Å². The van der Waals surface area contributed by atoms with Gasteiger partial charge in [0.05, 0.1) is 17.7 Å². The maximum Gasteiger partial charge on any atom is 0.310 e. The third kappa shape index (κ3) is 2.52. The van der Waals surface area contributed by atoms with E-state index in [1.54, 1.807) is 0 Å². The van der Waals surface area contributed by atoms with Crippen molar-refractivity contribution in [2.75, 3.05) is 12.3 Å². The smallest absolute Gasteiger partial charge is 0.310 e. The number of amides is 1. The van der Waals surface area contributed by atoms with Crippen molar-refractivity contribution in [3.05, 3.63) is 0 Å². The molecule has 6 nitrogen and oxygen atoms in total. The van der Waals surface area contributed by atoms with Gasteiger partial charge < -0.3 is 5.11 Å². The first-order chi connectivity index (χ1) is 7.17. The molecule has 0 unspecified atom stereocenters. The lowest BCUT2D eigenvalue weighted by atomic mass is 9.94. The fraction of sp³-hybridized carbons (Fsp3) is 0.778. The van der Waals surface area contributed by atoms with E-state index in [4.69, 9.17) is 5.11 Å². The van der Waals surface area contributed by atoms with E-state index in [0.29, 0.717) is 10.7 Å². The minimum absolute atomic E-state index is 0.0889. The van der Waals surface area contributed by atoms with Crippen molar-refractivity contribution in [1.82, 2.24) is 4.31 Å². The summed E-state index contributed by atoms with van der Waals surface area (Å²) in [4.78, 5) is 22.3. The highest BCUT2D eigenvalue weighted by molar-refractivity contribution is 7.89. The monoisotopic (exact) mass is 249 g/mol. The van der Waals surface area contributed by atoms with Crippen molar-refractivity contribution in [1.29, 1.82) is 0 Å². The Hall–Kier alpha value is -1.11. The number of sulfonamides is 1. The van der Waals surface area contributed by atoms with Crippen molar-refractivity contribution in [3.63, 3.8) is 0 Å². The number of carboxylic acid groups (broad SMARTS) is 1. The Morgan fingerprint density at radius 2 is 2.06 bits per heavy atom. The molecule has 7 heteroatoms. The van der Waals surface area contributed by atoms with Gasteiger partial charge in [0, 0.05) is 6.42 Å². The Morgan fingerprint density at radius 3 is 2.50 bits per heavy atom. The fourth-order valence-electron chi connectivity index (χ4n) is 1.41. The van der Waals surface area contributed by atoms with Crippen molar-refractivity contribution in [3.8, 4) is 0 Å². The molecule has 0 spiro atoms. The number of carboxylic acids is 1. The number of nitrogens with zero attached hydrogens (tertiary/aromatic N) is 1. The highest BCUT2D eigenvalue weighted by atomic mass is 32.2. The highest BCUT2D eigenvalue weighted by Crippen LogP contribution is 2.23. The lowest BCUT2D eigenvalue weighted by molar-refractivity contribution is -0.148. The lowest BCUT2D eigenvalue weighted by Gasteiger charge is -2.31. The number of hydrogen-bond acceptors (Lipinski definition) is 4. The van der Waals surface area contributed by atoms with E-state index in [9.17, 15) is 18.0 Å². The minimum Gasteiger partial charge on any atom is -0.481 e. The van der Waals surface area contributed by atoms with Gasteiger partial charge in [-0.05, 0) is 20.3 Å². The second-order valence-corrected chi connectivity index (χ2v) is 6.52. The zero-order valence-corrected chi connectivity index (χ0v) is 10.1. The van der Waals surface area contributed by atoms with Crippen molar-refractivity contribution >= 4 is 21.9 Å². The van der Waals surface area contributed by atoms with Gasteiger partial charge in [-0.25, -0.2) is 12.7 Å². The van der Waals surface area contributed by atoms with Crippen LogP contribution in [0.3, 0.4) is 0 Å². The number of rotatable bonds is 3. The van der Waals surface area contributed by atoms with Crippen LogP contribution in [0.5, 0.6) is 0 Å². The average Bonchev–Trinajstić information content (AvgIpc) is 2.11. The molecule has 1 aliphatic rings. The van der Waals surface area contributed by atoms with Gasteiger partial charge in [-0.1, -0.05) is 0 Å². The third-order valence-corrected chi connectivity index (χ3v) is 4.33. The third-order valence-electron chi connectivity index (χ3n) is 2.52. The van der Waals surface area contributed by atoms with Crippen LogP contribution < -0.4 is 0 Å². The van der Waals surface area contributed by atoms with Crippen LogP contribution in [0, 0.1) is 5.41 Å². The molecule has 1 N–H and O–H groups in total. The molecule has 0 aliphatic carbocycles. The van der Waals surface area contributed by atoms with Crippen LogP contribution >= 0.6 is 0 Å². The van der Waals surface area contributed by atoms with Crippen LogP contribution in [-0.2, 0) is 19.6 Å². The SMILES string of the molecule is CC(C)(CN1C(=O)CCCS1(=O)=O)C(=O)O. The van der Waals surface area contributed by atoms with Gasteiger partial charge in [0.1, 0.15) is 0 Å². The summed E-state index contributed by atoms with van der Waals surface area (Å²) in [5.74, 6) is -1.73. The Labute approximate surface area is 94.3 Å². The molecule has 1 rings (SSSR count). The first-order valence-electron chi connectivity index (χ1n) is 4.93. The fourth-order valence-corrected chi connectivity index (χ4v) is 3.06. The quantitative estimate of drug-likeness (QED) is 0.763. The molecule has 0 aromatic rings. The number of hydrogen-bond donors (Lipinski definition) is 1. The van der Waals surface area contributed by atoms with Crippen molar-refractivity contribution < 1.29 is 23.1 Å². The molecule has 0 atom stereocenters. The van der Waals surface area contributed by atoms with Crippen molar-refractivity contribution in [2.45, 2.75) is 26.7 Å². The van der Waals surface area contributed by atoms with Crippen LogP contribution in [0.1, 0.15) is 26.7 Å². The zero-order valence-electron chi connectivity index (χ0n) is 9.26. The number of carbonyl (C=O) groups is 2. The summed E-state index contributed by atoms with van der Waals surface area (Å²) in [5, 5.41) is 8.90. The van der Waals surface area contributed by atoms with E-state index in [1.165, 1.54) is 13.8 Å². The molecular weight excluding hydrogens is 234 g/mol. The van der Waals surface area contributed by atoms with Crippen molar-refractivity contribution in [2.24, 2.45) is 5.41 Å². The normalized spacial score (nSPS) is 20.9. The average molecular weight is 249 g/mol. The Kier molecular flexibility index (Phi) is 3.27. The van der Waals surface area contributed by atoms with E-state index in [0.717, 1.165) is 0 Å². The minimum atomic E-state index is -3.62. The molecule has 1 fully saturated rings. The molecular formula is C9H15NO5S. The second-order valence-electron chi connectivity index (χ2n) is 4.51. The summed E-state index contributed by atoms with van der Waals surface area (Å²) in [6.45, 7) is 2.49. The van der Waals surface area contributed by atoms with E-state index < -0.39 is 27.3 Å². The second kappa shape index (κ2) is 4.04. The van der Waals surface area contributed by atoms with Gasteiger partial charge in [0.15, 0.2) is 0 Å². The molecule has 16 heavy (non-hydrogen) atoms. The van der Waals surface area contributed by atoms with Gasteiger partial charge in [-0.2, -0.15) is 0 Å². The molecule has 0 aromatic carbocycles. The van der Waals surface area contributed by atoms with Crippen LogP contribution in [0.15, 0.2) is 0 Å². The zero-order chi connectivity index (χ0) is 12.6. The molecule has 0 saturated carbocycles. The van der Waals surface area contributed by atoms with E-state index in [2.05, 4.69) is 0 Å². The summed E-state index contributed by atoms with van der Waals surface area (Å²) >= 11 is 0. The predicted molar refractivity (Wildman–Crippen MR) is 56.2 cm³/mol. The molecule has 0 radical (unpaired) electrons. The van der Waals surface area contributed by atoms with Crippen LogP contribution in [0.4, 0.5) is 0 Å². The van der Waals surface area contributed by atoms with E-state index in [-0.39, 0.29) is 18.7 Å². The molecule has 1 saturated heterocycles. The molecule has 0 bridgehead atoms. The molecule has 1 amide bonds. The molecule has 1 aliphatic heterocycles. The first kappa shape index (κ1) is 13.0. The van der Waals surface area contributed by atoms with Gasteiger partial charge in [0.25, 0.3) is 0 Å². The Morgan fingerprint density at radius 1 is 1.50 bits per heavy atom. The topological polar surface area (TPSA) is 91.8 Å². The van der Waals surface area contributed by atoms with E-state index in [1.807, 2.05) is 0 Å². The maximum atomic E-state index is 11.6. The maximum absolute atomic E-state index is 11.6. The Bertz CT molecular complexity index is 412. The highest BCUT2D eigenvalue weighted by Gasteiger charge is 2.39. The summed E-state index contributed by atoms with van der Waals surface area (Å²) in [7, 11) is -3.62. The number of carbonyl (C=O) groups excluding carboxylic acids is 1. The molecule has 1 heterocycles. The molecule has 92 valence electrons. The summed E-state index contributed by atoms with van der Waals surface area (Å²) < 4.78 is 23.9. The summed E-state index contributed by atoms with van der Waals surface area (Å²) in [6, 6.07) is 0. The predicted octanol–water partition coefficient (Wildman–Crippen LogP) is 0.0494. The molecule has 0 aromatic heterocycles. The standard InChI is InChI=1S/C9H15NO5S/c1-9(2,8(12)13)6-10-7(11)4-3-5-16(10,14)15/h3-6H2,1-2H3,(H,12,13). The first-order valence-corrected chi connectivity index (χ1v) is 6.54. The van der Waals surface area contributed by atoms with Crippen LogP contribution in [0.25, 0.3) is 0 Å². The van der Waals surface area contributed by atoms with Gasteiger partial charge in [0.2, 0.25) is 15.9 Å². The van der Waals surface area contributed by atoms with Gasteiger partial charge >= 0.3 is 5.97 Å². The summed E-state index contributed by atoms with van der Waals surface area (Å²) in [5.41, 5.74) is -1.26. The van der Waals surface area contributed by atoms with Crippen LogP contribution in [-0.4, -0.2) is 42.0 Å². The van der Waals surface area contributed by atoms with Gasteiger partial charge in [-0.15, -0.1) is 0 Å². The summed E-state index contributed by atoms with van der Waals surface area (Å²) in [6.07, 6.45) is 0.472. The number of aliphatic carboxylic acids is 1. The lowest BCUT2D eigenvalue weighted by Crippen LogP contribution is -2.48. The van der Waals surface area contributed by atoms with E-state index >= 15 is 0 Å². The van der Waals surface area contributed by atoms with Gasteiger partial charge in [-0.3, -0.25) is 9.59 Å². The Balaban J connectivity index is 2.94. The largest absolute Gasteiger partial charge is 0.481 e.